The van der Waals surface area contributed by atoms with Crippen LogP contribution in [0.1, 0.15) is 44.9 Å². The van der Waals surface area contributed by atoms with Gasteiger partial charge in [0.2, 0.25) is 0 Å². The molecule has 0 aromatic heterocycles. The SMILES string of the molecule is S=C(S)CC(N1CCCCC1)=[N+]1CCCCC1. The number of hydrogen-bond donors (Lipinski definition) is 1. The number of rotatable bonds is 2. The number of thiocarbonyl (C=S) groups is 1. The van der Waals surface area contributed by atoms with Crippen LogP contribution < -0.4 is 0 Å². The molecule has 2 heterocycles. The van der Waals surface area contributed by atoms with Gasteiger partial charge in [0, 0.05) is 0 Å². The van der Waals surface area contributed by atoms with Crippen molar-refractivity contribution >= 4 is 34.9 Å². The normalized spacial score (nSPS) is 21.5. The van der Waals surface area contributed by atoms with Crippen LogP contribution in [-0.2, 0) is 0 Å². The van der Waals surface area contributed by atoms with Gasteiger partial charge in [-0.05, 0) is 38.5 Å². The van der Waals surface area contributed by atoms with Crippen molar-refractivity contribution in [3.05, 3.63) is 0 Å². The van der Waals surface area contributed by atoms with Crippen LogP contribution in [0, 0.1) is 0 Å². The molecule has 2 nitrogen and oxygen atoms in total. The van der Waals surface area contributed by atoms with Gasteiger partial charge in [-0.25, -0.2) is 0 Å². The maximum absolute atomic E-state index is 5.20. The standard InChI is InChI=1S/C13H22N2S2/c16-13(17)11-12(14-7-3-1-4-8-14)15-9-5-2-6-10-15/h1-11H2/p+1. The lowest BCUT2D eigenvalue weighted by molar-refractivity contribution is -0.542. The highest BCUT2D eigenvalue weighted by molar-refractivity contribution is 8.11. The fraction of sp³-hybridized carbons (Fsp3) is 0.846. The van der Waals surface area contributed by atoms with E-state index in [0.717, 1.165) is 10.6 Å². The second-order valence-electron chi connectivity index (χ2n) is 5.08. The molecule has 0 aromatic rings. The van der Waals surface area contributed by atoms with Gasteiger partial charge in [0.15, 0.2) is 0 Å². The average Bonchev–Trinajstić information content (AvgIpc) is 2.38. The Labute approximate surface area is 115 Å². The van der Waals surface area contributed by atoms with Crippen LogP contribution in [0.5, 0.6) is 0 Å². The predicted octanol–water partition coefficient (Wildman–Crippen LogP) is 2.71. The molecule has 0 atom stereocenters. The Morgan fingerprint density at radius 3 is 2.18 bits per heavy atom. The van der Waals surface area contributed by atoms with E-state index in [0.29, 0.717) is 0 Å². The molecule has 2 saturated heterocycles. The molecule has 0 saturated carbocycles. The number of likely N-dealkylation sites (tertiary alicyclic amines) is 1. The van der Waals surface area contributed by atoms with Crippen molar-refractivity contribution < 1.29 is 4.58 Å². The lowest BCUT2D eigenvalue weighted by atomic mass is 10.1. The summed E-state index contributed by atoms with van der Waals surface area (Å²) < 4.78 is 3.38. The number of nitrogens with zero attached hydrogens (tertiary/aromatic N) is 2. The highest BCUT2D eigenvalue weighted by atomic mass is 32.1. The monoisotopic (exact) mass is 271 g/mol. The lowest BCUT2D eigenvalue weighted by Gasteiger charge is -2.27. The lowest BCUT2D eigenvalue weighted by Crippen LogP contribution is -2.43. The number of hydrogen-bond acceptors (Lipinski definition) is 1. The summed E-state index contributed by atoms with van der Waals surface area (Å²) in [6.07, 6.45) is 8.96. The second kappa shape index (κ2) is 6.74. The first-order valence-corrected chi connectivity index (χ1v) is 7.70. The zero-order valence-corrected chi connectivity index (χ0v) is 12.2. The Hall–Kier alpha value is -0.0900. The first kappa shape index (κ1) is 13.3. The minimum Gasteiger partial charge on any atom is -0.265 e. The molecule has 2 aliphatic rings. The molecule has 0 aliphatic carbocycles. The van der Waals surface area contributed by atoms with E-state index in [1.54, 1.807) is 0 Å². The molecular formula is C13H23N2S2+. The van der Waals surface area contributed by atoms with Crippen LogP contribution in [0.15, 0.2) is 0 Å². The molecule has 0 N–H and O–H groups in total. The molecule has 0 radical (unpaired) electrons. The molecule has 0 unspecified atom stereocenters. The van der Waals surface area contributed by atoms with Crippen molar-refractivity contribution in [2.75, 3.05) is 26.2 Å². The fourth-order valence-corrected chi connectivity index (χ4v) is 3.13. The van der Waals surface area contributed by atoms with E-state index in [2.05, 4.69) is 22.1 Å². The molecule has 96 valence electrons. The Morgan fingerprint density at radius 1 is 1.00 bits per heavy atom. The third-order valence-corrected chi connectivity index (χ3v) is 4.05. The Balaban J connectivity index is 2.13. The summed E-state index contributed by atoms with van der Waals surface area (Å²) in [5, 5.41) is 0. The van der Waals surface area contributed by atoms with E-state index < -0.39 is 0 Å². The van der Waals surface area contributed by atoms with Gasteiger partial charge in [0.25, 0.3) is 5.84 Å². The molecule has 4 heteroatoms. The predicted molar refractivity (Wildman–Crippen MR) is 80.5 cm³/mol. The van der Waals surface area contributed by atoms with E-state index in [1.165, 1.54) is 70.5 Å². The van der Waals surface area contributed by atoms with Crippen LogP contribution in [0.3, 0.4) is 0 Å². The molecule has 2 aliphatic heterocycles. The minimum atomic E-state index is 0.830. The van der Waals surface area contributed by atoms with Crippen LogP contribution in [0.25, 0.3) is 0 Å². The zero-order valence-electron chi connectivity index (χ0n) is 10.5. The topological polar surface area (TPSA) is 6.25 Å². The van der Waals surface area contributed by atoms with Crippen LogP contribution in [-0.4, -0.2) is 45.7 Å². The van der Waals surface area contributed by atoms with Crippen molar-refractivity contribution in [3.63, 3.8) is 0 Å². The molecular weight excluding hydrogens is 248 g/mol. The fourth-order valence-electron chi connectivity index (χ4n) is 2.86. The molecule has 0 spiro atoms. The molecule has 0 aromatic carbocycles. The summed E-state index contributed by atoms with van der Waals surface area (Å²) in [5.41, 5.74) is 0. The largest absolute Gasteiger partial charge is 0.265 e. The molecule has 17 heavy (non-hydrogen) atoms. The highest BCUT2D eigenvalue weighted by Gasteiger charge is 2.26. The summed E-state index contributed by atoms with van der Waals surface area (Å²) >= 11 is 9.53. The number of piperidine rings is 2. The maximum atomic E-state index is 5.20. The van der Waals surface area contributed by atoms with Gasteiger partial charge in [-0.3, -0.25) is 9.48 Å². The third-order valence-electron chi connectivity index (χ3n) is 3.75. The number of amidine groups is 1. The molecule has 2 fully saturated rings. The maximum Gasteiger partial charge on any atom is 0.252 e. The van der Waals surface area contributed by atoms with Crippen LogP contribution >= 0.6 is 24.8 Å². The summed E-state index contributed by atoms with van der Waals surface area (Å²) in [7, 11) is 0. The van der Waals surface area contributed by atoms with Gasteiger partial charge < -0.3 is 0 Å². The van der Waals surface area contributed by atoms with Crippen molar-refractivity contribution in [1.29, 1.82) is 0 Å². The van der Waals surface area contributed by atoms with E-state index in [1.807, 2.05) is 0 Å². The summed E-state index contributed by atoms with van der Waals surface area (Å²) in [5.74, 6) is 1.45. The Morgan fingerprint density at radius 2 is 1.59 bits per heavy atom. The van der Waals surface area contributed by atoms with E-state index >= 15 is 0 Å². The summed E-state index contributed by atoms with van der Waals surface area (Å²) in [6, 6.07) is 0. The highest BCUT2D eigenvalue weighted by Crippen LogP contribution is 2.14. The van der Waals surface area contributed by atoms with Gasteiger partial charge in [-0.1, -0.05) is 12.2 Å². The van der Waals surface area contributed by atoms with Crippen LogP contribution in [0.4, 0.5) is 0 Å². The minimum absolute atomic E-state index is 0.830. The van der Waals surface area contributed by atoms with Crippen LogP contribution in [0.2, 0.25) is 0 Å². The van der Waals surface area contributed by atoms with Gasteiger partial charge >= 0.3 is 0 Å². The quantitative estimate of drug-likeness (QED) is 0.357. The zero-order chi connectivity index (χ0) is 12.1. The van der Waals surface area contributed by atoms with Crippen molar-refractivity contribution in [2.45, 2.75) is 44.9 Å². The molecule has 0 amide bonds. The van der Waals surface area contributed by atoms with E-state index in [4.69, 9.17) is 12.2 Å². The second-order valence-corrected chi connectivity index (χ2v) is 6.42. The third kappa shape index (κ3) is 3.95. The van der Waals surface area contributed by atoms with E-state index in [-0.39, 0.29) is 0 Å². The van der Waals surface area contributed by atoms with Gasteiger partial charge in [-0.2, -0.15) is 0 Å². The summed E-state index contributed by atoms with van der Waals surface area (Å²) in [6.45, 7) is 4.84. The van der Waals surface area contributed by atoms with Gasteiger partial charge in [-0.15, -0.1) is 12.6 Å². The van der Waals surface area contributed by atoms with E-state index in [9.17, 15) is 0 Å². The van der Waals surface area contributed by atoms with Gasteiger partial charge in [0.05, 0.1) is 36.8 Å². The first-order chi connectivity index (χ1) is 8.27. The first-order valence-electron chi connectivity index (χ1n) is 6.85. The summed E-state index contributed by atoms with van der Waals surface area (Å²) in [4.78, 5) is 2.55. The van der Waals surface area contributed by atoms with Crippen molar-refractivity contribution in [3.8, 4) is 0 Å². The van der Waals surface area contributed by atoms with Gasteiger partial charge in [0.1, 0.15) is 0 Å². The molecule has 0 bridgehead atoms. The van der Waals surface area contributed by atoms with Crippen molar-refractivity contribution in [2.24, 2.45) is 0 Å². The Kier molecular flexibility index (Phi) is 5.29. The van der Waals surface area contributed by atoms with Crippen molar-refractivity contribution in [1.82, 2.24) is 4.90 Å². The Bertz CT molecular complexity index is 299. The average molecular weight is 271 g/mol. The number of thiol groups is 1. The molecule has 2 rings (SSSR count). The smallest absolute Gasteiger partial charge is 0.252 e.